The molecular formula is C18H20N2O5S. The fourth-order valence-electron chi connectivity index (χ4n) is 3.07. The van der Waals surface area contributed by atoms with Gasteiger partial charge in [-0.25, -0.2) is 4.98 Å². The predicted octanol–water partition coefficient (Wildman–Crippen LogP) is 2.52. The van der Waals surface area contributed by atoms with E-state index in [1.807, 2.05) is 24.3 Å². The summed E-state index contributed by atoms with van der Waals surface area (Å²) < 4.78 is 10.5. The van der Waals surface area contributed by atoms with E-state index in [9.17, 15) is 9.59 Å². The fraction of sp³-hybridized carbons (Fsp3) is 0.389. The molecule has 0 spiro atoms. The van der Waals surface area contributed by atoms with Crippen LogP contribution in [-0.4, -0.2) is 59.8 Å². The Hall–Kier alpha value is -2.45. The molecule has 1 saturated heterocycles. The molecule has 2 atom stereocenters. The number of nitrogens with zero attached hydrogens (tertiary/aromatic N) is 2. The maximum Gasteiger partial charge on any atom is 0.305 e. The Morgan fingerprint density at radius 2 is 2.04 bits per heavy atom. The van der Waals surface area contributed by atoms with E-state index in [1.165, 1.54) is 11.3 Å². The third kappa shape index (κ3) is 3.86. The number of benzene rings is 1. The first kappa shape index (κ1) is 18.3. The molecule has 7 nitrogen and oxygen atoms in total. The number of amides is 1. The van der Waals surface area contributed by atoms with E-state index in [2.05, 4.69) is 4.98 Å². The van der Waals surface area contributed by atoms with Gasteiger partial charge in [0, 0.05) is 25.3 Å². The molecule has 2 unspecified atom stereocenters. The van der Waals surface area contributed by atoms with Gasteiger partial charge in [0.2, 0.25) is 0 Å². The number of ether oxygens (including phenoxy) is 2. The second kappa shape index (κ2) is 7.84. The van der Waals surface area contributed by atoms with Crippen molar-refractivity contribution < 1.29 is 24.2 Å². The first-order valence-electron chi connectivity index (χ1n) is 8.17. The van der Waals surface area contributed by atoms with Crippen molar-refractivity contribution in [3.63, 3.8) is 0 Å². The largest absolute Gasteiger partial charge is 0.497 e. The lowest BCUT2D eigenvalue weighted by atomic mass is 10.1. The van der Waals surface area contributed by atoms with Gasteiger partial charge >= 0.3 is 5.97 Å². The molecule has 8 heteroatoms. The molecule has 0 bridgehead atoms. The summed E-state index contributed by atoms with van der Waals surface area (Å²) >= 11 is 1.29. The van der Waals surface area contributed by atoms with E-state index in [-0.39, 0.29) is 24.5 Å². The van der Waals surface area contributed by atoms with E-state index in [0.29, 0.717) is 17.8 Å². The number of carbonyl (C=O) groups excluding carboxylic acids is 1. The van der Waals surface area contributed by atoms with Crippen LogP contribution in [0.2, 0.25) is 0 Å². The molecule has 1 aromatic carbocycles. The first-order chi connectivity index (χ1) is 12.5. The summed E-state index contributed by atoms with van der Waals surface area (Å²) in [5, 5.41) is 9.83. The van der Waals surface area contributed by atoms with Gasteiger partial charge in [0.15, 0.2) is 0 Å². The van der Waals surface area contributed by atoms with Crippen LogP contribution in [0.4, 0.5) is 0 Å². The number of rotatable bonds is 6. The fourth-order valence-corrected chi connectivity index (χ4v) is 3.95. The SMILES string of the molecule is COc1ccc(-c2ncc(C(=O)N3CC(OC)CC3CC(=O)O)s2)cc1. The maximum absolute atomic E-state index is 12.9. The summed E-state index contributed by atoms with van der Waals surface area (Å²) in [5.74, 6) is -0.373. The van der Waals surface area contributed by atoms with Crippen LogP contribution in [0.15, 0.2) is 30.5 Å². The monoisotopic (exact) mass is 376 g/mol. The van der Waals surface area contributed by atoms with Crippen molar-refractivity contribution in [1.29, 1.82) is 0 Å². The second-order valence-corrected chi connectivity index (χ2v) is 7.09. The lowest BCUT2D eigenvalue weighted by Crippen LogP contribution is -2.36. The number of hydrogen-bond acceptors (Lipinski definition) is 6. The lowest BCUT2D eigenvalue weighted by Gasteiger charge is -2.22. The molecule has 1 aliphatic rings. The molecule has 1 amide bonds. The second-order valence-electron chi connectivity index (χ2n) is 6.06. The van der Waals surface area contributed by atoms with Crippen molar-refractivity contribution in [2.24, 2.45) is 0 Å². The van der Waals surface area contributed by atoms with Gasteiger partial charge in [0.1, 0.15) is 15.6 Å². The van der Waals surface area contributed by atoms with Crippen LogP contribution in [0.5, 0.6) is 5.75 Å². The summed E-state index contributed by atoms with van der Waals surface area (Å²) in [6.07, 6.45) is 1.84. The highest BCUT2D eigenvalue weighted by Gasteiger charge is 2.37. The van der Waals surface area contributed by atoms with Gasteiger partial charge in [-0.05, 0) is 30.7 Å². The van der Waals surface area contributed by atoms with Crippen LogP contribution in [0.25, 0.3) is 10.6 Å². The van der Waals surface area contributed by atoms with Crippen LogP contribution in [-0.2, 0) is 9.53 Å². The number of aromatic nitrogens is 1. The Morgan fingerprint density at radius 3 is 2.65 bits per heavy atom. The molecule has 1 aliphatic heterocycles. The quantitative estimate of drug-likeness (QED) is 0.833. The zero-order valence-electron chi connectivity index (χ0n) is 14.5. The lowest BCUT2D eigenvalue weighted by molar-refractivity contribution is -0.137. The summed E-state index contributed by atoms with van der Waals surface area (Å²) in [6.45, 7) is 0.392. The highest BCUT2D eigenvalue weighted by atomic mass is 32.1. The van der Waals surface area contributed by atoms with Crippen molar-refractivity contribution in [3.05, 3.63) is 35.3 Å². The molecule has 0 saturated carbocycles. The summed E-state index contributed by atoms with van der Waals surface area (Å²) in [5.41, 5.74) is 0.896. The molecule has 2 heterocycles. The number of carbonyl (C=O) groups is 2. The number of thiazole rings is 1. The standard InChI is InChI=1S/C18H20N2O5S/c1-24-13-5-3-11(4-6-13)17-19-9-15(26-17)18(23)20-10-14(25-2)7-12(20)8-16(21)22/h3-6,9,12,14H,7-8,10H2,1-2H3,(H,21,22). The van der Waals surface area contributed by atoms with Crippen molar-refractivity contribution in [1.82, 2.24) is 9.88 Å². The number of carboxylic acids is 1. The number of methoxy groups -OCH3 is 2. The van der Waals surface area contributed by atoms with Gasteiger partial charge in [-0.2, -0.15) is 0 Å². The van der Waals surface area contributed by atoms with Gasteiger partial charge < -0.3 is 19.5 Å². The van der Waals surface area contributed by atoms with Gasteiger partial charge in [-0.1, -0.05) is 0 Å². The van der Waals surface area contributed by atoms with Crippen LogP contribution >= 0.6 is 11.3 Å². The number of aliphatic carboxylic acids is 1. The van der Waals surface area contributed by atoms with E-state index in [4.69, 9.17) is 14.6 Å². The summed E-state index contributed by atoms with van der Waals surface area (Å²) in [6, 6.07) is 7.08. The predicted molar refractivity (Wildman–Crippen MR) is 96.6 cm³/mol. The number of likely N-dealkylation sites (tertiary alicyclic amines) is 1. The van der Waals surface area contributed by atoms with E-state index in [0.717, 1.165) is 16.3 Å². The normalized spacial score (nSPS) is 19.5. The Bertz CT molecular complexity index is 789. The van der Waals surface area contributed by atoms with Gasteiger partial charge in [0.05, 0.1) is 25.8 Å². The Labute approximate surface area is 155 Å². The van der Waals surface area contributed by atoms with Crippen molar-refractivity contribution >= 4 is 23.2 Å². The van der Waals surface area contributed by atoms with E-state index < -0.39 is 5.97 Å². The van der Waals surface area contributed by atoms with Crippen molar-refractivity contribution in [3.8, 4) is 16.3 Å². The zero-order chi connectivity index (χ0) is 18.7. The first-order valence-corrected chi connectivity index (χ1v) is 8.99. The van der Waals surface area contributed by atoms with E-state index >= 15 is 0 Å². The minimum absolute atomic E-state index is 0.0876. The Balaban J connectivity index is 1.78. The van der Waals surface area contributed by atoms with Gasteiger partial charge in [-0.3, -0.25) is 9.59 Å². The molecule has 1 aromatic heterocycles. The zero-order valence-corrected chi connectivity index (χ0v) is 15.4. The van der Waals surface area contributed by atoms with Crippen LogP contribution in [0.3, 0.4) is 0 Å². The topological polar surface area (TPSA) is 89.0 Å². The van der Waals surface area contributed by atoms with Gasteiger partial charge in [0.25, 0.3) is 5.91 Å². The Morgan fingerprint density at radius 1 is 1.31 bits per heavy atom. The highest BCUT2D eigenvalue weighted by Crippen LogP contribution is 2.30. The van der Waals surface area contributed by atoms with Crippen LogP contribution in [0, 0.1) is 0 Å². The molecule has 0 aliphatic carbocycles. The third-order valence-electron chi connectivity index (χ3n) is 4.43. The Kier molecular flexibility index (Phi) is 5.53. The molecule has 1 fully saturated rings. The van der Waals surface area contributed by atoms with Crippen LogP contribution < -0.4 is 4.74 Å². The van der Waals surface area contributed by atoms with Crippen LogP contribution in [0.1, 0.15) is 22.5 Å². The van der Waals surface area contributed by atoms with Crippen molar-refractivity contribution in [2.75, 3.05) is 20.8 Å². The molecule has 0 radical (unpaired) electrons. The smallest absolute Gasteiger partial charge is 0.305 e. The highest BCUT2D eigenvalue weighted by molar-refractivity contribution is 7.16. The minimum Gasteiger partial charge on any atom is -0.497 e. The third-order valence-corrected chi connectivity index (χ3v) is 5.47. The summed E-state index contributed by atoms with van der Waals surface area (Å²) in [7, 11) is 3.18. The average molecular weight is 376 g/mol. The number of hydrogen-bond donors (Lipinski definition) is 1. The molecule has 138 valence electrons. The molecule has 1 N–H and O–H groups in total. The molecular weight excluding hydrogens is 356 g/mol. The number of carboxylic acid groups (broad SMARTS) is 1. The minimum atomic E-state index is -0.923. The molecule has 26 heavy (non-hydrogen) atoms. The van der Waals surface area contributed by atoms with E-state index in [1.54, 1.807) is 25.3 Å². The van der Waals surface area contributed by atoms with Crippen molar-refractivity contribution in [2.45, 2.75) is 25.0 Å². The maximum atomic E-state index is 12.9. The summed E-state index contributed by atoms with van der Waals surface area (Å²) in [4.78, 5) is 30.4. The van der Waals surface area contributed by atoms with Gasteiger partial charge in [-0.15, -0.1) is 11.3 Å². The average Bonchev–Trinajstić information content (AvgIpc) is 3.28. The molecule has 2 aromatic rings. The molecule has 3 rings (SSSR count).